The number of benzene rings is 1. The van der Waals surface area contributed by atoms with Gasteiger partial charge in [0.2, 0.25) is 21.8 Å². The van der Waals surface area contributed by atoms with E-state index < -0.39 is 10.0 Å². The lowest BCUT2D eigenvalue weighted by atomic mass is 10.2. The first-order valence-corrected chi connectivity index (χ1v) is 10.3. The number of hydrogen-bond acceptors (Lipinski definition) is 5. The second kappa shape index (κ2) is 9.11. The van der Waals surface area contributed by atoms with E-state index >= 15 is 0 Å². The van der Waals surface area contributed by atoms with Gasteiger partial charge in [-0.05, 0) is 31.0 Å². The van der Waals surface area contributed by atoms with E-state index in [1.165, 1.54) is 11.2 Å². The molecule has 0 aliphatic carbocycles. The minimum absolute atomic E-state index is 0.0319. The van der Waals surface area contributed by atoms with Crippen molar-refractivity contribution >= 4 is 33.2 Å². The maximum atomic E-state index is 12.2. The third kappa shape index (κ3) is 6.74. The molecule has 0 aromatic heterocycles. The number of rotatable bonds is 8. The molecule has 0 saturated carbocycles. The van der Waals surface area contributed by atoms with E-state index in [-0.39, 0.29) is 37.4 Å². The van der Waals surface area contributed by atoms with Crippen LogP contribution in [-0.2, 0) is 24.3 Å². The van der Waals surface area contributed by atoms with Gasteiger partial charge in [0.15, 0.2) is 0 Å². The minimum atomic E-state index is -3.42. The second-order valence-corrected chi connectivity index (χ2v) is 8.30. The summed E-state index contributed by atoms with van der Waals surface area (Å²) in [6.07, 6.45) is 2.81. The van der Waals surface area contributed by atoms with Crippen LogP contribution in [-0.4, -0.2) is 56.6 Å². The van der Waals surface area contributed by atoms with Crippen molar-refractivity contribution < 1.29 is 22.7 Å². The molecule has 8 nitrogen and oxygen atoms in total. The van der Waals surface area contributed by atoms with Crippen LogP contribution in [0.25, 0.3) is 0 Å². The average Bonchev–Trinajstić information content (AvgIpc) is 3.03. The Kier molecular flexibility index (Phi) is 7.13. The molecule has 1 heterocycles. The molecular weight excluding hydrogens is 358 g/mol. The number of sulfonamides is 1. The fourth-order valence-electron chi connectivity index (χ4n) is 2.74. The predicted molar refractivity (Wildman–Crippen MR) is 99.4 cm³/mol. The monoisotopic (exact) mass is 383 g/mol. The Bertz CT molecular complexity index is 745. The fraction of sp³-hybridized carbons (Fsp3) is 0.529. The Hall–Kier alpha value is -1.97. The van der Waals surface area contributed by atoms with Crippen molar-refractivity contribution in [2.75, 3.05) is 36.6 Å². The summed E-state index contributed by atoms with van der Waals surface area (Å²) in [4.78, 5) is 23.3. The molecule has 26 heavy (non-hydrogen) atoms. The van der Waals surface area contributed by atoms with E-state index in [1.807, 2.05) is 0 Å². The van der Waals surface area contributed by atoms with E-state index in [2.05, 4.69) is 10.6 Å². The molecule has 1 aromatic rings. The van der Waals surface area contributed by atoms with Gasteiger partial charge in [-0.25, -0.2) is 8.42 Å². The van der Waals surface area contributed by atoms with Gasteiger partial charge in [-0.2, -0.15) is 4.31 Å². The average molecular weight is 383 g/mol. The number of ether oxygens (including phenoxy) is 1. The van der Waals surface area contributed by atoms with Crippen LogP contribution in [0, 0.1) is 0 Å². The van der Waals surface area contributed by atoms with E-state index in [0.29, 0.717) is 18.0 Å². The molecule has 1 atom stereocenters. The Morgan fingerprint density at radius 3 is 2.54 bits per heavy atom. The maximum Gasteiger partial charge on any atom is 0.225 e. The molecule has 1 unspecified atom stereocenters. The lowest BCUT2D eigenvalue weighted by molar-refractivity contribution is -0.116. The Balaban J connectivity index is 1.90. The van der Waals surface area contributed by atoms with Crippen molar-refractivity contribution in [2.24, 2.45) is 0 Å². The molecule has 9 heteroatoms. The lowest BCUT2D eigenvalue weighted by Gasteiger charge is -2.22. The molecule has 2 N–H and O–H groups in total. The zero-order valence-corrected chi connectivity index (χ0v) is 15.8. The lowest BCUT2D eigenvalue weighted by Crippen LogP contribution is -2.38. The fourth-order valence-corrected chi connectivity index (χ4v) is 3.60. The highest BCUT2D eigenvalue weighted by Gasteiger charge is 2.25. The molecule has 1 fully saturated rings. The highest BCUT2D eigenvalue weighted by Crippen LogP contribution is 2.17. The summed E-state index contributed by atoms with van der Waals surface area (Å²) in [7, 11) is -3.42. The smallest absolute Gasteiger partial charge is 0.225 e. The molecule has 2 rings (SSSR count). The highest BCUT2D eigenvalue weighted by atomic mass is 32.2. The van der Waals surface area contributed by atoms with Gasteiger partial charge in [0.1, 0.15) is 0 Å². The van der Waals surface area contributed by atoms with Crippen molar-refractivity contribution in [3.63, 3.8) is 0 Å². The number of anilines is 2. The Labute approximate surface area is 153 Å². The molecule has 1 aromatic carbocycles. The highest BCUT2D eigenvalue weighted by molar-refractivity contribution is 7.88. The Morgan fingerprint density at radius 2 is 1.96 bits per heavy atom. The van der Waals surface area contributed by atoms with E-state index in [9.17, 15) is 18.0 Å². The minimum Gasteiger partial charge on any atom is -0.377 e. The molecule has 1 aliphatic heterocycles. The standard InChI is InChI=1S/C17H25N3O5S/c1-13(21)18-14-5-3-6-15(11-14)19-17(22)8-9-20(26(2,23)24)12-16-7-4-10-25-16/h3,5-6,11,16H,4,7-10,12H2,1-2H3,(H,18,21)(H,19,22). The first-order chi connectivity index (χ1) is 12.2. The molecule has 1 saturated heterocycles. The molecular formula is C17H25N3O5S. The summed E-state index contributed by atoms with van der Waals surface area (Å²) in [5, 5.41) is 5.35. The number of nitrogens with zero attached hydrogens (tertiary/aromatic N) is 1. The molecule has 0 spiro atoms. The van der Waals surface area contributed by atoms with Crippen molar-refractivity contribution in [2.45, 2.75) is 32.3 Å². The van der Waals surface area contributed by atoms with Gasteiger partial charge in [0.25, 0.3) is 0 Å². The zero-order chi connectivity index (χ0) is 19.2. The normalized spacial score (nSPS) is 17.3. The first-order valence-electron chi connectivity index (χ1n) is 8.48. The molecule has 0 radical (unpaired) electrons. The van der Waals surface area contributed by atoms with E-state index in [4.69, 9.17) is 4.74 Å². The number of carbonyl (C=O) groups is 2. The maximum absolute atomic E-state index is 12.2. The van der Waals surface area contributed by atoms with Crippen LogP contribution in [0.15, 0.2) is 24.3 Å². The van der Waals surface area contributed by atoms with Crippen LogP contribution in [0.4, 0.5) is 11.4 Å². The second-order valence-electron chi connectivity index (χ2n) is 6.32. The summed E-state index contributed by atoms with van der Waals surface area (Å²) >= 11 is 0. The van der Waals surface area contributed by atoms with Crippen molar-refractivity contribution in [1.82, 2.24) is 4.31 Å². The third-order valence-corrected chi connectivity index (χ3v) is 5.22. The number of hydrogen-bond donors (Lipinski definition) is 2. The SMILES string of the molecule is CC(=O)Nc1cccc(NC(=O)CCN(CC2CCCO2)S(C)(=O)=O)c1. The van der Waals surface area contributed by atoms with Crippen LogP contribution >= 0.6 is 0 Å². The van der Waals surface area contributed by atoms with E-state index in [1.54, 1.807) is 24.3 Å². The Morgan fingerprint density at radius 1 is 1.27 bits per heavy atom. The van der Waals surface area contributed by atoms with Gasteiger partial charge < -0.3 is 15.4 Å². The summed E-state index contributed by atoms with van der Waals surface area (Å²) < 4.78 is 30.6. The van der Waals surface area contributed by atoms with Gasteiger partial charge in [-0.3, -0.25) is 9.59 Å². The van der Waals surface area contributed by atoms with Gasteiger partial charge in [0.05, 0.1) is 12.4 Å². The van der Waals surface area contributed by atoms with Gasteiger partial charge >= 0.3 is 0 Å². The van der Waals surface area contributed by atoms with E-state index in [0.717, 1.165) is 19.1 Å². The van der Waals surface area contributed by atoms with Crippen LogP contribution in [0.1, 0.15) is 26.2 Å². The summed E-state index contributed by atoms with van der Waals surface area (Å²) in [5.41, 5.74) is 1.11. The predicted octanol–water partition coefficient (Wildman–Crippen LogP) is 1.41. The first kappa shape index (κ1) is 20.3. The van der Waals surface area contributed by atoms with Crippen LogP contribution in [0.2, 0.25) is 0 Å². The quantitative estimate of drug-likeness (QED) is 0.706. The number of nitrogens with one attached hydrogen (secondary N) is 2. The van der Waals surface area contributed by atoms with Crippen LogP contribution in [0.3, 0.4) is 0 Å². The molecule has 2 amide bonds. The van der Waals surface area contributed by atoms with Gasteiger partial charge in [-0.15, -0.1) is 0 Å². The van der Waals surface area contributed by atoms with Gasteiger partial charge in [0, 0.05) is 44.4 Å². The largest absolute Gasteiger partial charge is 0.377 e. The van der Waals surface area contributed by atoms with Crippen molar-refractivity contribution in [3.8, 4) is 0 Å². The number of amides is 2. The third-order valence-electron chi connectivity index (χ3n) is 3.96. The summed E-state index contributed by atoms with van der Waals surface area (Å²) in [5.74, 6) is -0.502. The molecule has 144 valence electrons. The summed E-state index contributed by atoms with van der Waals surface area (Å²) in [6.45, 7) is 2.41. The van der Waals surface area contributed by atoms with Crippen molar-refractivity contribution in [1.29, 1.82) is 0 Å². The van der Waals surface area contributed by atoms with Gasteiger partial charge in [-0.1, -0.05) is 6.07 Å². The van der Waals surface area contributed by atoms with Crippen LogP contribution in [0.5, 0.6) is 0 Å². The van der Waals surface area contributed by atoms with Crippen molar-refractivity contribution in [3.05, 3.63) is 24.3 Å². The molecule has 0 bridgehead atoms. The van der Waals surface area contributed by atoms with Crippen LogP contribution < -0.4 is 10.6 Å². The molecule has 1 aliphatic rings. The summed E-state index contributed by atoms with van der Waals surface area (Å²) in [6, 6.07) is 6.76. The zero-order valence-electron chi connectivity index (χ0n) is 15.0. The topological polar surface area (TPSA) is 105 Å². The number of carbonyl (C=O) groups excluding carboxylic acids is 2.